The van der Waals surface area contributed by atoms with E-state index in [9.17, 15) is 35.9 Å². The van der Waals surface area contributed by atoms with Crippen LogP contribution in [0.1, 0.15) is 5.69 Å². The molecule has 0 fully saturated rings. The van der Waals surface area contributed by atoms with Crippen molar-refractivity contribution in [2.45, 2.75) is 12.3 Å². The van der Waals surface area contributed by atoms with Gasteiger partial charge in [-0.25, -0.2) is 18.7 Å². The predicted molar refractivity (Wildman–Crippen MR) is 76.0 cm³/mol. The number of aromatic nitrogens is 2. The molecule has 0 spiro atoms. The molecular weight excluding hydrogens is 372 g/mol. The summed E-state index contributed by atoms with van der Waals surface area (Å²) in [5.41, 5.74) is -5.54. The molecule has 2 heterocycles. The maximum atomic E-state index is 14.2. The fraction of sp³-hybridized carbons (Fsp3) is 0.214. The van der Waals surface area contributed by atoms with Crippen molar-refractivity contribution in [3.05, 3.63) is 50.5 Å². The smallest absolute Gasteiger partial charge is 0.426 e. The minimum Gasteiger partial charge on any atom is -0.426 e. The van der Waals surface area contributed by atoms with Gasteiger partial charge in [0.2, 0.25) is 0 Å². The lowest BCUT2D eigenvalue weighted by Gasteiger charge is -2.20. The standard InChI is InChI=1S/C14H7F6N3O3/c1-22-10(14(18,19)20)4-11(24)23(12(22)25)8-3-7-9(2-6(8)15)26-13(16,17)5-21-7/h2-5H,1H3. The Morgan fingerprint density at radius 3 is 2.42 bits per heavy atom. The molecule has 1 aromatic carbocycles. The van der Waals surface area contributed by atoms with E-state index >= 15 is 0 Å². The first-order chi connectivity index (χ1) is 11.9. The number of benzene rings is 1. The van der Waals surface area contributed by atoms with Gasteiger partial charge in [0.1, 0.15) is 17.6 Å². The molecule has 0 amide bonds. The molecule has 2 aromatic rings. The average Bonchev–Trinajstić information content (AvgIpc) is 2.49. The van der Waals surface area contributed by atoms with Gasteiger partial charge < -0.3 is 4.74 Å². The molecule has 0 saturated carbocycles. The molecule has 0 atom stereocenters. The lowest BCUT2D eigenvalue weighted by atomic mass is 10.2. The molecule has 1 aromatic heterocycles. The number of halogens is 6. The van der Waals surface area contributed by atoms with Crippen LogP contribution in [-0.2, 0) is 13.2 Å². The lowest BCUT2D eigenvalue weighted by Crippen LogP contribution is -2.41. The monoisotopic (exact) mass is 379 g/mol. The Hall–Kier alpha value is -3.05. The fourth-order valence-electron chi connectivity index (χ4n) is 2.32. The number of rotatable bonds is 1. The summed E-state index contributed by atoms with van der Waals surface area (Å²) in [7, 11) is 0.749. The van der Waals surface area contributed by atoms with Crippen LogP contribution in [-0.4, -0.2) is 21.5 Å². The topological polar surface area (TPSA) is 65.6 Å². The molecule has 0 aliphatic carbocycles. The Morgan fingerprint density at radius 1 is 1.15 bits per heavy atom. The third kappa shape index (κ3) is 2.86. The first-order valence-corrected chi connectivity index (χ1v) is 6.77. The summed E-state index contributed by atoms with van der Waals surface area (Å²) in [5.74, 6) is -1.99. The van der Waals surface area contributed by atoms with Crippen molar-refractivity contribution in [2.75, 3.05) is 0 Å². The molecule has 0 N–H and O–H groups in total. The second kappa shape index (κ2) is 5.47. The van der Waals surface area contributed by atoms with Crippen molar-refractivity contribution < 1.29 is 31.1 Å². The molecule has 6 nitrogen and oxygen atoms in total. The molecular formula is C14H7F6N3O3. The lowest BCUT2D eigenvalue weighted by molar-refractivity contribution is -0.144. The van der Waals surface area contributed by atoms with E-state index in [4.69, 9.17) is 0 Å². The van der Waals surface area contributed by atoms with Crippen LogP contribution in [0.25, 0.3) is 5.69 Å². The third-order valence-electron chi connectivity index (χ3n) is 3.48. The summed E-state index contributed by atoms with van der Waals surface area (Å²) in [6.07, 6.45) is -8.64. The first kappa shape index (κ1) is 17.8. The van der Waals surface area contributed by atoms with Crippen molar-refractivity contribution in [3.63, 3.8) is 0 Å². The van der Waals surface area contributed by atoms with Crippen molar-refractivity contribution >= 4 is 11.9 Å². The van der Waals surface area contributed by atoms with Crippen molar-refractivity contribution in [2.24, 2.45) is 12.0 Å². The van der Waals surface area contributed by atoms with Gasteiger partial charge in [-0.2, -0.15) is 22.0 Å². The predicted octanol–water partition coefficient (Wildman–Crippen LogP) is 2.38. The maximum Gasteiger partial charge on any atom is 0.437 e. The Morgan fingerprint density at radius 2 is 1.81 bits per heavy atom. The van der Waals surface area contributed by atoms with Gasteiger partial charge in [-0.3, -0.25) is 9.36 Å². The number of aliphatic imine (C=N–C) groups is 1. The van der Waals surface area contributed by atoms with E-state index < -0.39 is 46.5 Å². The van der Waals surface area contributed by atoms with Gasteiger partial charge in [0.05, 0.1) is 5.69 Å². The van der Waals surface area contributed by atoms with Gasteiger partial charge in [-0.15, -0.1) is 0 Å². The molecule has 12 heteroatoms. The Labute approximate surface area is 139 Å². The second-order valence-corrected chi connectivity index (χ2v) is 5.24. The van der Waals surface area contributed by atoms with E-state index in [1.807, 2.05) is 0 Å². The summed E-state index contributed by atoms with van der Waals surface area (Å²) < 4.78 is 83.3. The van der Waals surface area contributed by atoms with E-state index in [2.05, 4.69) is 9.73 Å². The van der Waals surface area contributed by atoms with E-state index in [1.54, 1.807) is 0 Å². The van der Waals surface area contributed by atoms with E-state index in [0.717, 1.165) is 13.1 Å². The van der Waals surface area contributed by atoms with Crippen LogP contribution in [0, 0.1) is 5.82 Å². The van der Waals surface area contributed by atoms with Crippen LogP contribution in [0.15, 0.2) is 32.8 Å². The molecule has 3 rings (SSSR count). The Bertz CT molecular complexity index is 1050. The fourth-order valence-corrected chi connectivity index (χ4v) is 2.32. The summed E-state index contributed by atoms with van der Waals surface area (Å²) in [6.45, 7) is 0. The highest BCUT2D eigenvalue weighted by Gasteiger charge is 2.36. The minimum atomic E-state index is -4.98. The molecule has 0 saturated heterocycles. The molecule has 138 valence electrons. The Kier molecular flexibility index (Phi) is 3.74. The number of alkyl halides is 5. The molecule has 0 bridgehead atoms. The SMILES string of the molecule is Cn1c(C(F)(F)F)cc(=O)n(-c2cc3c(cc2F)OC(F)(F)C=N3)c1=O. The normalized spacial score (nSPS) is 15.5. The summed E-state index contributed by atoms with van der Waals surface area (Å²) in [4.78, 5) is 27.5. The number of fused-ring (bicyclic) bond motifs is 1. The largest absolute Gasteiger partial charge is 0.437 e. The maximum absolute atomic E-state index is 14.2. The van der Waals surface area contributed by atoms with Crippen molar-refractivity contribution in [1.82, 2.24) is 9.13 Å². The number of hydrogen-bond acceptors (Lipinski definition) is 4. The quantitative estimate of drug-likeness (QED) is 0.715. The highest BCUT2D eigenvalue weighted by atomic mass is 19.4. The highest BCUT2D eigenvalue weighted by molar-refractivity contribution is 5.75. The van der Waals surface area contributed by atoms with Crippen LogP contribution in [0.2, 0.25) is 0 Å². The van der Waals surface area contributed by atoms with Gasteiger partial charge >= 0.3 is 18.0 Å². The molecule has 0 unspecified atom stereocenters. The summed E-state index contributed by atoms with van der Waals surface area (Å²) in [5, 5.41) is 0. The van der Waals surface area contributed by atoms with Gasteiger partial charge in [0, 0.05) is 19.2 Å². The average molecular weight is 379 g/mol. The summed E-state index contributed by atoms with van der Waals surface area (Å²) >= 11 is 0. The molecule has 0 radical (unpaired) electrons. The zero-order chi connectivity index (χ0) is 19.4. The van der Waals surface area contributed by atoms with Crippen LogP contribution in [0.5, 0.6) is 5.75 Å². The van der Waals surface area contributed by atoms with E-state index in [-0.39, 0.29) is 27.1 Å². The molecule has 26 heavy (non-hydrogen) atoms. The van der Waals surface area contributed by atoms with Crippen LogP contribution in [0.3, 0.4) is 0 Å². The molecule has 1 aliphatic rings. The number of ether oxygens (including phenoxy) is 1. The van der Waals surface area contributed by atoms with E-state index in [0.29, 0.717) is 6.07 Å². The van der Waals surface area contributed by atoms with E-state index in [1.165, 1.54) is 0 Å². The Balaban J connectivity index is 2.25. The van der Waals surface area contributed by atoms with Crippen molar-refractivity contribution in [3.8, 4) is 11.4 Å². The van der Waals surface area contributed by atoms with Crippen LogP contribution in [0.4, 0.5) is 32.0 Å². The zero-order valence-corrected chi connectivity index (χ0v) is 12.6. The number of hydrogen-bond donors (Lipinski definition) is 0. The van der Waals surface area contributed by atoms with Gasteiger partial charge in [-0.05, 0) is 6.07 Å². The van der Waals surface area contributed by atoms with Gasteiger partial charge in [0.15, 0.2) is 11.6 Å². The second-order valence-electron chi connectivity index (χ2n) is 5.24. The first-order valence-electron chi connectivity index (χ1n) is 6.77. The minimum absolute atomic E-state index is 0.116. The highest BCUT2D eigenvalue weighted by Crippen LogP contribution is 2.37. The molecule has 1 aliphatic heterocycles. The van der Waals surface area contributed by atoms with Crippen LogP contribution >= 0.6 is 0 Å². The summed E-state index contributed by atoms with van der Waals surface area (Å²) in [6, 6.07) is 1.32. The van der Waals surface area contributed by atoms with Gasteiger partial charge in [-0.1, -0.05) is 0 Å². The van der Waals surface area contributed by atoms with Crippen LogP contribution < -0.4 is 16.0 Å². The zero-order valence-electron chi connectivity index (χ0n) is 12.6. The van der Waals surface area contributed by atoms with Crippen molar-refractivity contribution in [1.29, 1.82) is 0 Å². The van der Waals surface area contributed by atoms with Gasteiger partial charge in [0.25, 0.3) is 5.56 Å². The number of nitrogens with zero attached hydrogens (tertiary/aromatic N) is 3. The third-order valence-corrected chi connectivity index (χ3v) is 3.48.